The number of nitrogens with one attached hydrogen (secondary N) is 2. The zero-order valence-electron chi connectivity index (χ0n) is 11.2. The van der Waals surface area contributed by atoms with Gasteiger partial charge in [-0.05, 0) is 47.9 Å². The predicted molar refractivity (Wildman–Crippen MR) is 79.8 cm³/mol. The number of benzene rings is 2. The van der Waals surface area contributed by atoms with E-state index in [-0.39, 0.29) is 0 Å². The van der Waals surface area contributed by atoms with Crippen LogP contribution in [0.15, 0.2) is 48.5 Å². The molecule has 0 aliphatic heterocycles. The Hall–Kier alpha value is -1.96. The first-order valence-electron chi connectivity index (χ1n) is 6.34. The van der Waals surface area contributed by atoms with Crippen LogP contribution in [0.1, 0.15) is 25.3 Å². The van der Waals surface area contributed by atoms with Gasteiger partial charge in [-0.25, -0.2) is 0 Å². The van der Waals surface area contributed by atoms with Crippen molar-refractivity contribution in [3.05, 3.63) is 54.1 Å². The maximum Gasteiger partial charge on any atom is 0.0385 e. The van der Waals surface area contributed by atoms with Crippen LogP contribution in [0.3, 0.4) is 0 Å². The molecule has 0 unspecified atom stereocenters. The van der Waals surface area contributed by atoms with E-state index >= 15 is 0 Å². The van der Waals surface area contributed by atoms with Crippen molar-refractivity contribution >= 4 is 17.1 Å². The van der Waals surface area contributed by atoms with Crippen LogP contribution in [-0.4, -0.2) is 7.05 Å². The van der Waals surface area contributed by atoms with Gasteiger partial charge < -0.3 is 10.6 Å². The van der Waals surface area contributed by atoms with Crippen LogP contribution in [0.2, 0.25) is 0 Å². The molecule has 0 spiro atoms. The van der Waals surface area contributed by atoms with E-state index in [9.17, 15) is 0 Å². The average Bonchev–Trinajstić information content (AvgIpc) is 2.40. The van der Waals surface area contributed by atoms with E-state index in [4.69, 9.17) is 0 Å². The molecule has 2 aromatic carbocycles. The van der Waals surface area contributed by atoms with Gasteiger partial charge in [-0.2, -0.15) is 0 Å². The maximum atomic E-state index is 3.39. The van der Waals surface area contributed by atoms with E-state index in [0.29, 0.717) is 5.92 Å². The molecule has 0 saturated carbocycles. The Kier molecular flexibility index (Phi) is 3.88. The zero-order valence-corrected chi connectivity index (χ0v) is 11.2. The van der Waals surface area contributed by atoms with Crippen LogP contribution in [0, 0.1) is 0 Å². The van der Waals surface area contributed by atoms with E-state index < -0.39 is 0 Å². The second kappa shape index (κ2) is 5.58. The molecule has 2 nitrogen and oxygen atoms in total. The molecule has 0 aromatic heterocycles. The minimum atomic E-state index is 0.578. The molecule has 2 heteroatoms. The Bertz CT molecular complexity index is 484. The summed E-state index contributed by atoms with van der Waals surface area (Å²) >= 11 is 0. The van der Waals surface area contributed by atoms with Gasteiger partial charge in [0.15, 0.2) is 0 Å². The lowest BCUT2D eigenvalue weighted by Gasteiger charge is -2.10. The van der Waals surface area contributed by atoms with Crippen molar-refractivity contribution in [2.45, 2.75) is 19.8 Å². The highest BCUT2D eigenvalue weighted by atomic mass is 14.9. The highest BCUT2D eigenvalue weighted by Crippen LogP contribution is 2.21. The smallest absolute Gasteiger partial charge is 0.0385 e. The topological polar surface area (TPSA) is 24.1 Å². The fraction of sp³-hybridized carbons (Fsp3) is 0.250. The summed E-state index contributed by atoms with van der Waals surface area (Å²) in [6, 6.07) is 16.9. The normalized spacial score (nSPS) is 10.4. The molecule has 2 N–H and O–H groups in total. The number of rotatable bonds is 4. The van der Waals surface area contributed by atoms with E-state index in [1.165, 1.54) is 5.56 Å². The third-order valence-electron chi connectivity index (χ3n) is 3.04. The van der Waals surface area contributed by atoms with Crippen molar-refractivity contribution in [2.24, 2.45) is 0 Å². The lowest BCUT2D eigenvalue weighted by molar-refractivity contribution is 0.867. The number of hydrogen-bond acceptors (Lipinski definition) is 2. The first kappa shape index (κ1) is 12.5. The first-order valence-corrected chi connectivity index (χ1v) is 6.34. The molecule has 0 amide bonds. The van der Waals surface area contributed by atoms with Crippen LogP contribution in [-0.2, 0) is 0 Å². The minimum absolute atomic E-state index is 0.578. The standard InChI is InChI=1S/C16H20N2/c1-12(2)13-4-6-15(7-5-13)18-16-10-8-14(17-3)9-11-16/h4-12,17-18H,1-3H3. The Balaban J connectivity index is 2.08. The summed E-state index contributed by atoms with van der Waals surface area (Å²) in [7, 11) is 1.92. The summed E-state index contributed by atoms with van der Waals surface area (Å²) in [6.07, 6.45) is 0. The quantitative estimate of drug-likeness (QED) is 0.816. The third kappa shape index (κ3) is 3.04. The molecule has 2 rings (SSSR count). The summed E-state index contributed by atoms with van der Waals surface area (Å²) in [5.74, 6) is 0.578. The molecule has 0 radical (unpaired) electrons. The number of anilines is 3. The van der Waals surface area contributed by atoms with Crippen molar-refractivity contribution in [2.75, 3.05) is 17.7 Å². The molecule has 0 aliphatic carbocycles. The van der Waals surface area contributed by atoms with Crippen LogP contribution in [0.25, 0.3) is 0 Å². The molecule has 94 valence electrons. The predicted octanol–water partition coefficient (Wildman–Crippen LogP) is 4.60. The van der Waals surface area contributed by atoms with Crippen molar-refractivity contribution < 1.29 is 0 Å². The van der Waals surface area contributed by atoms with Crippen molar-refractivity contribution in [1.82, 2.24) is 0 Å². The fourth-order valence-electron chi connectivity index (χ4n) is 1.84. The molecule has 0 saturated heterocycles. The van der Waals surface area contributed by atoms with Gasteiger partial charge in [-0.1, -0.05) is 26.0 Å². The molecule has 0 atom stereocenters. The second-order valence-corrected chi connectivity index (χ2v) is 4.73. The largest absolute Gasteiger partial charge is 0.388 e. The van der Waals surface area contributed by atoms with E-state index in [1.807, 2.05) is 7.05 Å². The molecular formula is C16H20N2. The lowest BCUT2D eigenvalue weighted by atomic mass is 10.0. The van der Waals surface area contributed by atoms with E-state index in [1.54, 1.807) is 0 Å². The molecule has 0 aliphatic rings. The molecule has 0 bridgehead atoms. The summed E-state index contributed by atoms with van der Waals surface area (Å²) in [6.45, 7) is 4.41. The highest BCUT2D eigenvalue weighted by Gasteiger charge is 1.99. The van der Waals surface area contributed by atoms with E-state index in [0.717, 1.165) is 17.1 Å². The average molecular weight is 240 g/mol. The van der Waals surface area contributed by atoms with Gasteiger partial charge >= 0.3 is 0 Å². The zero-order chi connectivity index (χ0) is 13.0. The molecule has 0 heterocycles. The Labute approximate surface area is 109 Å². The monoisotopic (exact) mass is 240 g/mol. The van der Waals surface area contributed by atoms with Gasteiger partial charge in [0, 0.05) is 24.1 Å². The highest BCUT2D eigenvalue weighted by molar-refractivity contribution is 5.62. The van der Waals surface area contributed by atoms with Crippen LogP contribution in [0.5, 0.6) is 0 Å². The van der Waals surface area contributed by atoms with Crippen LogP contribution >= 0.6 is 0 Å². The second-order valence-electron chi connectivity index (χ2n) is 4.73. The first-order chi connectivity index (χ1) is 8.69. The summed E-state index contributed by atoms with van der Waals surface area (Å²) < 4.78 is 0. The maximum absolute atomic E-state index is 3.39. The molecule has 18 heavy (non-hydrogen) atoms. The van der Waals surface area contributed by atoms with Crippen molar-refractivity contribution in [3.63, 3.8) is 0 Å². The molecular weight excluding hydrogens is 220 g/mol. The Morgan fingerprint density at radius 2 is 1.17 bits per heavy atom. The van der Waals surface area contributed by atoms with Crippen molar-refractivity contribution in [3.8, 4) is 0 Å². The lowest BCUT2D eigenvalue weighted by Crippen LogP contribution is -1.93. The third-order valence-corrected chi connectivity index (χ3v) is 3.04. The van der Waals surface area contributed by atoms with Crippen molar-refractivity contribution in [1.29, 1.82) is 0 Å². The Morgan fingerprint density at radius 3 is 1.61 bits per heavy atom. The number of hydrogen-bond donors (Lipinski definition) is 2. The van der Waals surface area contributed by atoms with Gasteiger partial charge in [-0.3, -0.25) is 0 Å². The SMILES string of the molecule is CNc1ccc(Nc2ccc(C(C)C)cc2)cc1. The van der Waals surface area contributed by atoms with Gasteiger partial charge in [0.25, 0.3) is 0 Å². The minimum Gasteiger partial charge on any atom is -0.388 e. The van der Waals surface area contributed by atoms with Crippen LogP contribution in [0.4, 0.5) is 17.1 Å². The van der Waals surface area contributed by atoms with Gasteiger partial charge in [0.2, 0.25) is 0 Å². The Morgan fingerprint density at radius 1 is 0.722 bits per heavy atom. The summed E-state index contributed by atoms with van der Waals surface area (Å²) in [5, 5.41) is 6.50. The van der Waals surface area contributed by atoms with Gasteiger partial charge in [0.1, 0.15) is 0 Å². The fourth-order valence-corrected chi connectivity index (χ4v) is 1.84. The molecule has 0 fully saturated rings. The summed E-state index contributed by atoms with van der Waals surface area (Å²) in [4.78, 5) is 0. The van der Waals surface area contributed by atoms with Gasteiger partial charge in [-0.15, -0.1) is 0 Å². The molecule has 2 aromatic rings. The summed E-state index contributed by atoms with van der Waals surface area (Å²) in [5.41, 5.74) is 4.71. The van der Waals surface area contributed by atoms with Gasteiger partial charge in [0.05, 0.1) is 0 Å². The van der Waals surface area contributed by atoms with E-state index in [2.05, 4.69) is 73.0 Å². The van der Waals surface area contributed by atoms with Crippen LogP contribution < -0.4 is 10.6 Å².